The lowest BCUT2D eigenvalue weighted by molar-refractivity contribution is 0.148. The molecule has 2 aromatic heterocycles. The Morgan fingerprint density at radius 3 is 3.05 bits per heavy atom. The molecule has 6 nitrogen and oxygen atoms in total. The van der Waals surface area contributed by atoms with Gasteiger partial charge in [0.2, 0.25) is 0 Å². The molecular formula is C13H17N3O3S. The molecule has 0 bridgehead atoms. The maximum atomic E-state index is 11.5. The van der Waals surface area contributed by atoms with Crippen LogP contribution in [0.1, 0.15) is 22.6 Å². The van der Waals surface area contributed by atoms with E-state index >= 15 is 0 Å². The molecule has 7 heteroatoms. The first-order chi connectivity index (χ1) is 9.65. The Hall–Kier alpha value is -1.86. The SMILES string of the molecule is Cc1nc(CCNC(=O)NCC(O)c2ccco2)cs1. The fourth-order valence-corrected chi connectivity index (χ4v) is 2.31. The first kappa shape index (κ1) is 14.5. The molecule has 3 N–H and O–H groups in total. The van der Waals surface area contributed by atoms with Crippen molar-refractivity contribution in [2.75, 3.05) is 13.1 Å². The Labute approximate surface area is 120 Å². The van der Waals surface area contributed by atoms with E-state index in [1.54, 1.807) is 23.5 Å². The molecule has 0 aliphatic heterocycles. The highest BCUT2D eigenvalue weighted by Gasteiger charge is 2.11. The number of carbonyl (C=O) groups excluding carboxylic acids is 1. The number of carbonyl (C=O) groups is 1. The Morgan fingerprint density at radius 1 is 1.55 bits per heavy atom. The fourth-order valence-electron chi connectivity index (χ4n) is 1.66. The second kappa shape index (κ2) is 7.06. The van der Waals surface area contributed by atoms with Crippen molar-refractivity contribution in [3.05, 3.63) is 40.2 Å². The maximum absolute atomic E-state index is 11.5. The van der Waals surface area contributed by atoms with Crippen molar-refractivity contribution < 1.29 is 14.3 Å². The third kappa shape index (κ3) is 4.36. The van der Waals surface area contributed by atoms with Crippen LogP contribution in [0.15, 0.2) is 28.2 Å². The highest BCUT2D eigenvalue weighted by molar-refractivity contribution is 7.09. The Balaban J connectivity index is 1.63. The molecule has 20 heavy (non-hydrogen) atoms. The van der Waals surface area contributed by atoms with Gasteiger partial charge in [0.15, 0.2) is 0 Å². The van der Waals surface area contributed by atoms with Crippen LogP contribution < -0.4 is 10.6 Å². The van der Waals surface area contributed by atoms with Crippen molar-refractivity contribution in [2.24, 2.45) is 0 Å². The number of thiazole rings is 1. The number of aliphatic hydroxyl groups excluding tert-OH is 1. The summed E-state index contributed by atoms with van der Waals surface area (Å²) in [6.07, 6.45) is 1.34. The quantitative estimate of drug-likeness (QED) is 0.755. The second-order valence-corrected chi connectivity index (χ2v) is 5.34. The smallest absolute Gasteiger partial charge is 0.314 e. The average molecular weight is 295 g/mol. The summed E-state index contributed by atoms with van der Waals surface area (Å²) in [7, 11) is 0. The van der Waals surface area contributed by atoms with Crippen molar-refractivity contribution in [3.63, 3.8) is 0 Å². The number of hydrogen-bond donors (Lipinski definition) is 3. The number of nitrogens with zero attached hydrogens (tertiary/aromatic N) is 1. The van der Waals surface area contributed by atoms with Gasteiger partial charge in [-0.3, -0.25) is 0 Å². The number of furan rings is 1. The predicted octanol–water partition coefficient (Wildman–Crippen LogP) is 1.62. The van der Waals surface area contributed by atoms with Crippen molar-refractivity contribution >= 4 is 17.4 Å². The van der Waals surface area contributed by atoms with Gasteiger partial charge in [0.05, 0.1) is 23.5 Å². The Bertz CT molecular complexity index is 539. The van der Waals surface area contributed by atoms with Gasteiger partial charge in [0.1, 0.15) is 11.9 Å². The number of rotatable bonds is 6. The summed E-state index contributed by atoms with van der Waals surface area (Å²) in [4.78, 5) is 15.8. The van der Waals surface area contributed by atoms with E-state index in [1.807, 2.05) is 12.3 Å². The normalized spacial score (nSPS) is 12.1. The van der Waals surface area contributed by atoms with Crippen LogP contribution in [-0.2, 0) is 6.42 Å². The van der Waals surface area contributed by atoms with E-state index in [2.05, 4.69) is 15.6 Å². The van der Waals surface area contributed by atoms with Crippen LogP contribution in [0, 0.1) is 6.92 Å². The predicted molar refractivity (Wildman–Crippen MR) is 75.6 cm³/mol. The largest absolute Gasteiger partial charge is 0.467 e. The minimum atomic E-state index is -0.836. The van der Waals surface area contributed by atoms with E-state index in [0.717, 1.165) is 10.7 Å². The first-order valence-electron chi connectivity index (χ1n) is 6.29. The first-order valence-corrected chi connectivity index (χ1v) is 7.17. The molecule has 0 aliphatic rings. The van der Waals surface area contributed by atoms with Gasteiger partial charge in [-0.15, -0.1) is 11.3 Å². The molecule has 0 radical (unpaired) electrons. The molecule has 108 valence electrons. The second-order valence-electron chi connectivity index (χ2n) is 4.28. The summed E-state index contributed by atoms with van der Waals surface area (Å²) in [6.45, 7) is 2.56. The third-order valence-electron chi connectivity index (χ3n) is 2.66. The van der Waals surface area contributed by atoms with Gasteiger partial charge in [-0.05, 0) is 19.1 Å². The van der Waals surface area contributed by atoms with Crippen LogP contribution in [0.3, 0.4) is 0 Å². The lowest BCUT2D eigenvalue weighted by Crippen LogP contribution is -2.38. The van der Waals surface area contributed by atoms with Gasteiger partial charge in [0, 0.05) is 18.3 Å². The number of nitrogens with one attached hydrogen (secondary N) is 2. The third-order valence-corrected chi connectivity index (χ3v) is 3.48. The van der Waals surface area contributed by atoms with Crippen molar-refractivity contribution in [1.29, 1.82) is 0 Å². The van der Waals surface area contributed by atoms with Crippen molar-refractivity contribution in [1.82, 2.24) is 15.6 Å². The van der Waals surface area contributed by atoms with Gasteiger partial charge in [-0.25, -0.2) is 9.78 Å². The summed E-state index contributed by atoms with van der Waals surface area (Å²) >= 11 is 1.59. The zero-order valence-corrected chi connectivity index (χ0v) is 11.9. The number of aliphatic hydroxyl groups is 1. The number of amides is 2. The molecule has 0 saturated carbocycles. The molecule has 0 spiro atoms. The molecule has 0 aliphatic carbocycles. The highest BCUT2D eigenvalue weighted by Crippen LogP contribution is 2.11. The van der Waals surface area contributed by atoms with E-state index < -0.39 is 6.10 Å². The molecule has 0 aromatic carbocycles. The lowest BCUT2D eigenvalue weighted by atomic mass is 10.3. The van der Waals surface area contributed by atoms with E-state index in [1.165, 1.54) is 6.26 Å². The lowest BCUT2D eigenvalue weighted by Gasteiger charge is -2.10. The van der Waals surface area contributed by atoms with Crippen LogP contribution in [0.4, 0.5) is 4.79 Å². The molecule has 2 aromatic rings. The van der Waals surface area contributed by atoms with Crippen LogP contribution >= 0.6 is 11.3 Å². The molecule has 2 heterocycles. The molecular weight excluding hydrogens is 278 g/mol. The van der Waals surface area contributed by atoms with Gasteiger partial charge < -0.3 is 20.2 Å². The zero-order valence-electron chi connectivity index (χ0n) is 11.1. The van der Waals surface area contributed by atoms with Crippen LogP contribution in [-0.4, -0.2) is 29.2 Å². The summed E-state index contributed by atoms with van der Waals surface area (Å²) in [5, 5.41) is 18.0. The maximum Gasteiger partial charge on any atom is 0.314 e. The minimum Gasteiger partial charge on any atom is -0.467 e. The Morgan fingerprint density at radius 2 is 2.40 bits per heavy atom. The zero-order chi connectivity index (χ0) is 14.4. The minimum absolute atomic E-state index is 0.106. The van der Waals surface area contributed by atoms with Crippen molar-refractivity contribution in [3.8, 4) is 0 Å². The van der Waals surface area contributed by atoms with Gasteiger partial charge >= 0.3 is 6.03 Å². The van der Waals surface area contributed by atoms with Crippen LogP contribution in [0.2, 0.25) is 0 Å². The Kier molecular flexibility index (Phi) is 5.14. The molecule has 2 amide bonds. The molecule has 0 fully saturated rings. The molecule has 1 unspecified atom stereocenters. The summed E-state index contributed by atoms with van der Waals surface area (Å²) in [5.41, 5.74) is 0.975. The average Bonchev–Trinajstić information content (AvgIpc) is 3.07. The molecule has 1 atom stereocenters. The van der Waals surface area contributed by atoms with Gasteiger partial charge in [-0.2, -0.15) is 0 Å². The van der Waals surface area contributed by atoms with E-state index in [0.29, 0.717) is 18.7 Å². The molecule has 2 rings (SSSR count). The molecule has 0 saturated heterocycles. The van der Waals surface area contributed by atoms with Crippen LogP contribution in [0.5, 0.6) is 0 Å². The van der Waals surface area contributed by atoms with Gasteiger partial charge in [-0.1, -0.05) is 0 Å². The van der Waals surface area contributed by atoms with E-state index in [4.69, 9.17) is 4.42 Å². The topological polar surface area (TPSA) is 87.4 Å². The number of hydrogen-bond acceptors (Lipinski definition) is 5. The standard InChI is InChI=1S/C13H17N3O3S/c1-9-16-10(8-20-9)4-5-14-13(18)15-7-11(17)12-3-2-6-19-12/h2-3,6,8,11,17H,4-5,7H2,1H3,(H2,14,15,18). The van der Waals surface area contributed by atoms with Crippen molar-refractivity contribution in [2.45, 2.75) is 19.4 Å². The van der Waals surface area contributed by atoms with Crippen LogP contribution in [0.25, 0.3) is 0 Å². The van der Waals surface area contributed by atoms with E-state index in [-0.39, 0.29) is 12.6 Å². The summed E-state index contributed by atoms with van der Waals surface area (Å²) in [5.74, 6) is 0.434. The van der Waals surface area contributed by atoms with E-state index in [9.17, 15) is 9.90 Å². The number of aryl methyl sites for hydroxylation is 1. The number of aromatic nitrogens is 1. The number of urea groups is 1. The van der Waals surface area contributed by atoms with Gasteiger partial charge in [0.25, 0.3) is 0 Å². The fraction of sp³-hybridized carbons (Fsp3) is 0.385. The summed E-state index contributed by atoms with van der Waals surface area (Å²) < 4.78 is 5.04. The monoisotopic (exact) mass is 295 g/mol. The highest BCUT2D eigenvalue weighted by atomic mass is 32.1. The summed E-state index contributed by atoms with van der Waals surface area (Å²) in [6, 6.07) is 3.03.